The summed E-state index contributed by atoms with van der Waals surface area (Å²) in [5, 5.41) is 3.90. The largest absolute Gasteiger partial charge is 0.497 e. The Morgan fingerprint density at radius 3 is 2.83 bits per heavy atom. The maximum absolute atomic E-state index is 12.1. The first-order valence-electron chi connectivity index (χ1n) is 7.28. The molecular formula is C17H16N2O4S. The van der Waals surface area contributed by atoms with E-state index >= 15 is 0 Å². The fraction of sp³-hybridized carbons (Fsp3) is 0.235. The highest BCUT2D eigenvalue weighted by Gasteiger charge is 2.16. The van der Waals surface area contributed by atoms with E-state index in [4.69, 9.17) is 14.0 Å². The van der Waals surface area contributed by atoms with Gasteiger partial charge in [0, 0.05) is 15.3 Å². The van der Waals surface area contributed by atoms with Crippen LogP contribution in [-0.4, -0.2) is 23.2 Å². The molecule has 0 radical (unpaired) electrons. The second-order valence-electron chi connectivity index (χ2n) is 5.15. The molecule has 2 aromatic heterocycles. The Balaban J connectivity index is 1.68. The molecule has 1 aromatic carbocycles. The predicted molar refractivity (Wildman–Crippen MR) is 89.2 cm³/mol. The molecule has 0 atom stereocenters. The fourth-order valence-electron chi connectivity index (χ4n) is 2.23. The lowest BCUT2D eigenvalue weighted by molar-refractivity contribution is 0.0429. The molecule has 0 aliphatic rings. The first-order valence-corrected chi connectivity index (χ1v) is 8.09. The second kappa shape index (κ2) is 6.84. The van der Waals surface area contributed by atoms with E-state index in [2.05, 4.69) is 10.1 Å². The van der Waals surface area contributed by atoms with Crippen LogP contribution < -0.4 is 4.74 Å². The van der Waals surface area contributed by atoms with Gasteiger partial charge in [-0.2, -0.15) is 4.98 Å². The van der Waals surface area contributed by atoms with Crippen molar-refractivity contribution in [2.24, 2.45) is 0 Å². The van der Waals surface area contributed by atoms with Crippen LogP contribution in [0.5, 0.6) is 5.75 Å². The molecule has 7 heteroatoms. The number of benzene rings is 1. The summed E-state index contributed by atoms with van der Waals surface area (Å²) in [5.41, 5.74) is 1.34. The van der Waals surface area contributed by atoms with Gasteiger partial charge in [0.25, 0.3) is 5.89 Å². The van der Waals surface area contributed by atoms with Crippen molar-refractivity contribution in [3.63, 3.8) is 0 Å². The predicted octanol–water partition coefficient (Wildman–Crippen LogP) is 3.78. The zero-order chi connectivity index (χ0) is 17.1. The van der Waals surface area contributed by atoms with Crippen LogP contribution in [0.2, 0.25) is 0 Å². The number of hydrogen-bond acceptors (Lipinski definition) is 7. The molecule has 0 bridgehead atoms. The summed E-state index contributed by atoms with van der Waals surface area (Å²) in [5.74, 6) is 0.972. The topological polar surface area (TPSA) is 74.5 Å². The molecule has 0 amide bonds. The molecule has 0 aliphatic carbocycles. The highest BCUT2D eigenvalue weighted by Crippen LogP contribution is 2.23. The van der Waals surface area contributed by atoms with E-state index in [0.717, 1.165) is 15.3 Å². The second-order valence-corrected chi connectivity index (χ2v) is 6.61. The van der Waals surface area contributed by atoms with E-state index in [0.29, 0.717) is 17.1 Å². The summed E-state index contributed by atoms with van der Waals surface area (Å²) < 4.78 is 15.6. The van der Waals surface area contributed by atoms with Gasteiger partial charge in [0.2, 0.25) is 5.82 Å². The molecule has 0 saturated heterocycles. The zero-order valence-electron chi connectivity index (χ0n) is 13.5. The van der Waals surface area contributed by atoms with Gasteiger partial charge >= 0.3 is 5.97 Å². The van der Waals surface area contributed by atoms with E-state index in [1.807, 2.05) is 38.1 Å². The molecule has 0 saturated carbocycles. The van der Waals surface area contributed by atoms with Crippen molar-refractivity contribution in [3.05, 3.63) is 51.5 Å². The lowest BCUT2D eigenvalue weighted by Gasteiger charge is -2.01. The van der Waals surface area contributed by atoms with Gasteiger partial charge in [0.1, 0.15) is 5.75 Å². The number of ether oxygens (including phenoxy) is 2. The van der Waals surface area contributed by atoms with Crippen molar-refractivity contribution in [2.45, 2.75) is 20.5 Å². The minimum Gasteiger partial charge on any atom is -0.497 e. The number of thiophene rings is 1. The van der Waals surface area contributed by atoms with E-state index < -0.39 is 5.97 Å². The van der Waals surface area contributed by atoms with Crippen molar-refractivity contribution >= 4 is 17.3 Å². The summed E-state index contributed by atoms with van der Waals surface area (Å²) >= 11 is 1.56. The summed E-state index contributed by atoms with van der Waals surface area (Å²) in [6, 6.07) is 9.14. The number of carbonyl (C=O) groups excluding carboxylic acids is 1. The van der Waals surface area contributed by atoms with Crippen molar-refractivity contribution in [1.29, 1.82) is 0 Å². The first kappa shape index (κ1) is 16.2. The first-order chi connectivity index (χ1) is 11.6. The lowest BCUT2D eigenvalue weighted by Crippen LogP contribution is -2.05. The number of nitrogens with zero attached hydrogens (tertiary/aromatic N) is 2. The van der Waals surface area contributed by atoms with Crippen molar-refractivity contribution in [3.8, 4) is 17.1 Å². The van der Waals surface area contributed by atoms with Gasteiger partial charge in [0.05, 0.1) is 12.7 Å². The number of rotatable bonds is 5. The van der Waals surface area contributed by atoms with Gasteiger partial charge in [0.15, 0.2) is 6.61 Å². The summed E-state index contributed by atoms with van der Waals surface area (Å²) in [7, 11) is 1.59. The zero-order valence-corrected chi connectivity index (χ0v) is 14.3. The lowest BCUT2D eigenvalue weighted by atomic mass is 10.2. The molecule has 3 rings (SSSR count). The molecule has 2 heterocycles. The normalized spacial score (nSPS) is 10.6. The molecule has 24 heavy (non-hydrogen) atoms. The minimum atomic E-state index is -0.391. The molecule has 124 valence electrons. The average molecular weight is 344 g/mol. The molecule has 0 fully saturated rings. The summed E-state index contributed by atoms with van der Waals surface area (Å²) in [4.78, 5) is 18.3. The van der Waals surface area contributed by atoms with E-state index in [-0.39, 0.29) is 12.5 Å². The number of esters is 1. The van der Waals surface area contributed by atoms with E-state index in [9.17, 15) is 4.79 Å². The SMILES string of the molecule is COc1cccc(-c2noc(COC(=O)c3cc(C)sc3C)n2)c1. The molecular weight excluding hydrogens is 328 g/mol. The summed E-state index contributed by atoms with van der Waals surface area (Å²) in [6.45, 7) is 3.78. The maximum atomic E-state index is 12.1. The Labute approximate surface area is 143 Å². The van der Waals surface area contributed by atoms with Crippen LogP contribution in [0, 0.1) is 13.8 Å². The van der Waals surface area contributed by atoms with Crippen LogP contribution in [0.3, 0.4) is 0 Å². The van der Waals surface area contributed by atoms with Crippen LogP contribution in [0.4, 0.5) is 0 Å². The Kier molecular flexibility index (Phi) is 4.61. The Hall–Kier alpha value is -2.67. The number of carbonyl (C=O) groups is 1. The van der Waals surface area contributed by atoms with Crippen molar-refractivity contribution < 1.29 is 18.8 Å². The Morgan fingerprint density at radius 1 is 1.29 bits per heavy atom. The number of aryl methyl sites for hydroxylation is 2. The molecule has 0 unspecified atom stereocenters. The van der Waals surface area contributed by atoms with Gasteiger partial charge in [-0.25, -0.2) is 4.79 Å². The standard InChI is InChI=1S/C17H16N2O4S/c1-10-7-14(11(2)24-10)17(20)22-9-15-18-16(19-23-15)12-5-4-6-13(8-12)21-3/h4-8H,9H2,1-3H3. The van der Waals surface area contributed by atoms with Crippen LogP contribution in [0.1, 0.15) is 26.0 Å². The third kappa shape index (κ3) is 3.46. The van der Waals surface area contributed by atoms with E-state index in [1.165, 1.54) is 0 Å². The van der Waals surface area contributed by atoms with E-state index in [1.54, 1.807) is 24.5 Å². The van der Waals surface area contributed by atoms with Crippen LogP contribution in [0.15, 0.2) is 34.9 Å². The average Bonchev–Trinajstić information content (AvgIpc) is 3.19. The van der Waals surface area contributed by atoms with Crippen molar-refractivity contribution in [2.75, 3.05) is 7.11 Å². The fourth-order valence-corrected chi connectivity index (χ4v) is 3.14. The summed E-state index contributed by atoms with van der Waals surface area (Å²) in [6.07, 6.45) is 0. The van der Waals surface area contributed by atoms with Crippen LogP contribution >= 0.6 is 11.3 Å². The van der Waals surface area contributed by atoms with Gasteiger partial charge in [-0.15, -0.1) is 11.3 Å². The van der Waals surface area contributed by atoms with Crippen molar-refractivity contribution in [1.82, 2.24) is 10.1 Å². The third-order valence-corrected chi connectivity index (χ3v) is 4.35. The van der Waals surface area contributed by atoms with Gasteiger partial charge in [-0.05, 0) is 32.0 Å². The van der Waals surface area contributed by atoms with Crippen LogP contribution in [0.25, 0.3) is 11.4 Å². The van der Waals surface area contributed by atoms with Gasteiger partial charge < -0.3 is 14.0 Å². The third-order valence-electron chi connectivity index (χ3n) is 3.38. The molecule has 0 spiro atoms. The maximum Gasteiger partial charge on any atom is 0.339 e. The highest BCUT2D eigenvalue weighted by molar-refractivity contribution is 7.12. The Morgan fingerprint density at radius 2 is 2.12 bits per heavy atom. The quantitative estimate of drug-likeness (QED) is 0.656. The monoisotopic (exact) mass is 344 g/mol. The highest BCUT2D eigenvalue weighted by atomic mass is 32.1. The number of aromatic nitrogens is 2. The smallest absolute Gasteiger partial charge is 0.339 e. The molecule has 0 aliphatic heterocycles. The van der Waals surface area contributed by atoms with Gasteiger partial charge in [-0.3, -0.25) is 0 Å². The number of methoxy groups -OCH3 is 1. The molecule has 6 nitrogen and oxygen atoms in total. The Bertz CT molecular complexity index is 869. The van der Waals surface area contributed by atoms with Crippen LogP contribution in [-0.2, 0) is 11.3 Å². The molecule has 3 aromatic rings. The molecule has 0 N–H and O–H groups in total. The van der Waals surface area contributed by atoms with Gasteiger partial charge in [-0.1, -0.05) is 17.3 Å². The number of hydrogen-bond donors (Lipinski definition) is 0. The minimum absolute atomic E-state index is 0.0653.